The number of nitrogens with zero attached hydrogens (tertiary/aromatic N) is 2. The third-order valence-corrected chi connectivity index (χ3v) is 8.80. The van der Waals surface area contributed by atoms with E-state index in [2.05, 4.69) is 0 Å². The quantitative estimate of drug-likeness (QED) is 0.459. The highest BCUT2D eigenvalue weighted by molar-refractivity contribution is 7.88. The zero-order chi connectivity index (χ0) is 26.8. The van der Waals surface area contributed by atoms with Gasteiger partial charge in [0.15, 0.2) is 0 Å². The molecule has 36 heavy (non-hydrogen) atoms. The fourth-order valence-corrected chi connectivity index (χ4v) is 5.89. The van der Waals surface area contributed by atoms with Crippen molar-refractivity contribution >= 4 is 45.1 Å². The summed E-state index contributed by atoms with van der Waals surface area (Å²) in [7, 11) is -2.02. The smallest absolute Gasteiger partial charge is 0.304 e. The van der Waals surface area contributed by atoms with E-state index in [1.165, 1.54) is 11.4 Å². The Morgan fingerprint density at radius 1 is 1.17 bits per heavy atom. The first kappa shape index (κ1) is 28.4. The predicted molar refractivity (Wildman–Crippen MR) is 142 cm³/mol. The number of hydrogen-bond donors (Lipinski definition) is 1. The molecule has 1 fully saturated rings. The highest BCUT2D eigenvalue weighted by Gasteiger charge is 2.52. The van der Waals surface area contributed by atoms with Gasteiger partial charge in [0.1, 0.15) is 0 Å². The fourth-order valence-electron chi connectivity index (χ4n) is 5.13. The zero-order valence-corrected chi connectivity index (χ0v) is 23.1. The van der Waals surface area contributed by atoms with E-state index in [4.69, 9.17) is 23.2 Å². The summed E-state index contributed by atoms with van der Waals surface area (Å²) < 4.78 is 25.7. The number of likely N-dealkylation sites (N-methyl/N-ethyl adjacent to an activating group) is 1. The summed E-state index contributed by atoms with van der Waals surface area (Å²) in [6.45, 7) is 3.65. The molecule has 0 radical (unpaired) electrons. The zero-order valence-electron chi connectivity index (χ0n) is 20.8. The van der Waals surface area contributed by atoms with Gasteiger partial charge in [0.05, 0.1) is 24.1 Å². The summed E-state index contributed by atoms with van der Waals surface area (Å²) in [6.07, 6.45) is 1.55. The van der Waals surface area contributed by atoms with Crippen molar-refractivity contribution in [2.24, 2.45) is 5.41 Å². The lowest BCUT2D eigenvalue weighted by Crippen LogP contribution is -2.58. The second-order valence-electron chi connectivity index (χ2n) is 9.81. The minimum absolute atomic E-state index is 0.0799. The molecule has 0 spiro atoms. The van der Waals surface area contributed by atoms with Crippen LogP contribution < -0.4 is 0 Å². The van der Waals surface area contributed by atoms with E-state index in [1.807, 2.05) is 37.3 Å². The Labute approximate surface area is 223 Å². The number of sulfonamides is 1. The molecule has 1 N–H and O–H groups in total. The summed E-state index contributed by atoms with van der Waals surface area (Å²) in [5.41, 5.74) is 0.511. The topological polar surface area (TPSA) is 95.0 Å². The molecule has 0 bridgehead atoms. The molecule has 2 aromatic carbocycles. The number of carbonyl (C=O) groups is 2. The van der Waals surface area contributed by atoms with Crippen LogP contribution in [0.25, 0.3) is 0 Å². The number of benzene rings is 2. The van der Waals surface area contributed by atoms with Crippen LogP contribution in [-0.4, -0.2) is 60.5 Å². The number of hydrogen-bond acceptors (Lipinski definition) is 4. The van der Waals surface area contributed by atoms with Crippen molar-refractivity contribution < 1.29 is 23.1 Å². The maximum Gasteiger partial charge on any atom is 0.304 e. The summed E-state index contributed by atoms with van der Waals surface area (Å²) in [6, 6.07) is 13.6. The molecule has 2 unspecified atom stereocenters. The first-order valence-corrected chi connectivity index (χ1v) is 14.3. The first-order chi connectivity index (χ1) is 16.8. The van der Waals surface area contributed by atoms with Crippen molar-refractivity contribution in [1.82, 2.24) is 9.21 Å². The third kappa shape index (κ3) is 6.22. The average Bonchev–Trinajstić information content (AvgIpc) is 2.78. The van der Waals surface area contributed by atoms with Crippen LogP contribution in [0.4, 0.5) is 0 Å². The van der Waals surface area contributed by atoms with E-state index in [1.54, 1.807) is 30.0 Å². The number of carboxylic acid groups (broad SMARTS) is 1. The van der Waals surface area contributed by atoms with Crippen LogP contribution in [0, 0.1) is 5.41 Å². The van der Waals surface area contributed by atoms with Gasteiger partial charge in [0.2, 0.25) is 15.9 Å². The number of likely N-dealkylation sites (tertiary alicyclic amines) is 1. The molecule has 2 aromatic rings. The van der Waals surface area contributed by atoms with Crippen molar-refractivity contribution in [1.29, 1.82) is 0 Å². The van der Waals surface area contributed by atoms with Crippen LogP contribution in [0.2, 0.25) is 10.0 Å². The van der Waals surface area contributed by atoms with Crippen molar-refractivity contribution in [3.8, 4) is 0 Å². The molecule has 1 amide bonds. The van der Waals surface area contributed by atoms with Gasteiger partial charge in [0, 0.05) is 35.6 Å². The van der Waals surface area contributed by atoms with Crippen molar-refractivity contribution in [2.45, 2.75) is 51.1 Å². The lowest BCUT2D eigenvalue weighted by atomic mass is 9.67. The molecule has 0 aliphatic carbocycles. The van der Waals surface area contributed by atoms with Gasteiger partial charge in [-0.25, -0.2) is 12.7 Å². The molecular weight excluding hydrogens is 523 g/mol. The van der Waals surface area contributed by atoms with E-state index < -0.39 is 33.5 Å². The molecule has 1 heterocycles. The molecule has 0 aromatic heterocycles. The number of piperidine rings is 1. The molecule has 1 aliphatic heterocycles. The number of halogens is 2. The first-order valence-electron chi connectivity index (χ1n) is 11.7. The van der Waals surface area contributed by atoms with Gasteiger partial charge in [-0.15, -0.1) is 0 Å². The van der Waals surface area contributed by atoms with Gasteiger partial charge in [-0.3, -0.25) is 9.59 Å². The molecule has 3 rings (SSSR count). The van der Waals surface area contributed by atoms with Crippen molar-refractivity contribution in [3.05, 3.63) is 69.7 Å². The normalized spacial score (nSPS) is 23.6. The fraction of sp³-hybridized carbons (Fsp3) is 0.462. The van der Waals surface area contributed by atoms with Gasteiger partial charge in [-0.1, -0.05) is 61.3 Å². The molecule has 0 saturated carbocycles. The Morgan fingerprint density at radius 3 is 2.33 bits per heavy atom. The van der Waals surface area contributed by atoms with Crippen LogP contribution in [-0.2, 0) is 19.6 Å². The van der Waals surface area contributed by atoms with Crippen LogP contribution in [0.5, 0.6) is 0 Å². The van der Waals surface area contributed by atoms with Crippen LogP contribution in [0.1, 0.15) is 56.2 Å². The molecule has 4 atom stereocenters. The summed E-state index contributed by atoms with van der Waals surface area (Å²) in [5.74, 6) is -1.66. The third-order valence-electron chi connectivity index (χ3n) is 7.03. The van der Waals surface area contributed by atoms with Crippen LogP contribution >= 0.6 is 23.2 Å². The monoisotopic (exact) mass is 554 g/mol. The Balaban J connectivity index is 2.24. The maximum atomic E-state index is 14.2. The number of aliphatic carboxylic acids is 1. The highest BCUT2D eigenvalue weighted by Crippen LogP contribution is 2.52. The predicted octanol–water partition coefficient (Wildman–Crippen LogP) is 5.20. The Bertz CT molecular complexity index is 1220. The molecule has 1 aliphatic rings. The van der Waals surface area contributed by atoms with Crippen molar-refractivity contribution in [2.75, 3.05) is 19.8 Å². The standard InChI is InChI=1S/C26H32Cl2N2O5S/c1-5-21(16-29(3)36(4,34)35)30-24(17-9-11-19(27)12-10-17)22(18-7-6-8-20(28)13-18)14-26(2,25(30)33)15-23(31)32/h6-13,21-22,24H,5,14-16H2,1-4H3,(H,31,32)/t21?,22-,24?,26-/m1/s1. The molecule has 1 saturated heterocycles. The number of carbonyl (C=O) groups excluding carboxylic acids is 1. The molecule has 10 heteroatoms. The van der Waals surface area contributed by atoms with Gasteiger partial charge >= 0.3 is 5.97 Å². The second kappa shape index (κ2) is 11.1. The average molecular weight is 556 g/mol. The van der Waals surface area contributed by atoms with Crippen LogP contribution in [0.15, 0.2) is 48.5 Å². The molecule has 7 nitrogen and oxygen atoms in total. The van der Waals surface area contributed by atoms with E-state index in [0.717, 1.165) is 17.4 Å². The number of amides is 1. The summed E-state index contributed by atoms with van der Waals surface area (Å²) in [5, 5.41) is 10.8. The van der Waals surface area contributed by atoms with E-state index in [-0.39, 0.29) is 24.8 Å². The van der Waals surface area contributed by atoms with Crippen LogP contribution in [0.3, 0.4) is 0 Å². The Morgan fingerprint density at radius 2 is 1.81 bits per heavy atom. The van der Waals surface area contributed by atoms with Gasteiger partial charge in [-0.05, 0) is 48.2 Å². The van der Waals surface area contributed by atoms with Gasteiger partial charge in [0.25, 0.3) is 0 Å². The Kier molecular flexibility index (Phi) is 8.76. The summed E-state index contributed by atoms with van der Waals surface area (Å²) in [4.78, 5) is 27.7. The van der Waals surface area contributed by atoms with E-state index in [9.17, 15) is 23.1 Å². The largest absolute Gasteiger partial charge is 0.481 e. The lowest BCUT2D eigenvalue weighted by molar-refractivity contribution is -0.160. The van der Waals surface area contributed by atoms with Gasteiger partial charge < -0.3 is 10.0 Å². The van der Waals surface area contributed by atoms with E-state index >= 15 is 0 Å². The van der Waals surface area contributed by atoms with Crippen molar-refractivity contribution in [3.63, 3.8) is 0 Å². The maximum absolute atomic E-state index is 14.2. The minimum Gasteiger partial charge on any atom is -0.481 e. The Hall–Kier alpha value is -2.13. The second-order valence-corrected chi connectivity index (χ2v) is 12.8. The number of carboxylic acids is 1. The molecular formula is C26H32Cl2N2O5S. The molecule has 196 valence electrons. The lowest BCUT2D eigenvalue weighted by Gasteiger charge is -2.52. The van der Waals surface area contributed by atoms with Gasteiger partial charge in [-0.2, -0.15) is 0 Å². The SMILES string of the molecule is CCC(CN(C)S(C)(=O)=O)N1C(=O)[C@@](C)(CC(=O)O)C[C@H](c2cccc(Cl)c2)C1c1ccc(Cl)cc1. The summed E-state index contributed by atoms with van der Waals surface area (Å²) >= 11 is 12.5. The van der Waals surface area contributed by atoms with E-state index in [0.29, 0.717) is 22.9 Å². The highest BCUT2D eigenvalue weighted by atomic mass is 35.5. The number of rotatable bonds is 9. The minimum atomic E-state index is -3.50.